The van der Waals surface area contributed by atoms with Gasteiger partial charge in [-0.2, -0.15) is 0 Å². The van der Waals surface area contributed by atoms with Gasteiger partial charge in [0.15, 0.2) is 0 Å². The molecule has 1 fully saturated rings. The largest absolute Gasteiger partial charge is 0.389 e. The van der Waals surface area contributed by atoms with Crippen LogP contribution in [-0.4, -0.2) is 23.0 Å². The van der Waals surface area contributed by atoms with Gasteiger partial charge in [-0.25, -0.2) is 0 Å². The van der Waals surface area contributed by atoms with Crippen molar-refractivity contribution >= 4 is 17.2 Å². The molecule has 2 rings (SSSR count). The first-order chi connectivity index (χ1) is 8.86. The number of rotatable bonds is 3. The van der Waals surface area contributed by atoms with Gasteiger partial charge in [-0.15, -0.1) is 0 Å². The van der Waals surface area contributed by atoms with Gasteiger partial charge in [-0.1, -0.05) is 57.3 Å². The van der Waals surface area contributed by atoms with E-state index < -0.39 is 0 Å². The normalized spacial score (nSPS) is 20.7. The Kier molecular flexibility index (Phi) is 4.26. The van der Waals surface area contributed by atoms with E-state index in [0.717, 1.165) is 18.0 Å². The average molecular weight is 276 g/mol. The molecule has 1 aromatic carbocycles. The van der Waals surface area contributed by atoms with Crippen LogP contribution in [0, 0.1) is 11.3 Å². The van der Waals surface area contributed by atoms with Crippen LogP contribution in [0.5, 0.6) is 0 Å². The topological polar surface area (TPSA) is 29.3 Å². The second-order valence-electron chi connectivity index (χ2n) is 6.65. The van der Waals surface area contributed by atoms with E-state index in [-0.39, 0.29) is 0 Å². The average Bonchev–Trinajstić information content (AvgIpc) is 2.78. The molecule has 2 nitrogen and oxygen atoms in total. The molecule has 1 heterocycles. The summed E-state index contributed by atoms with van der Waals surface area (Å²) < 4.78 is 0. The highest BCUT2D eigenvalue weighted by Crippen LogP contribution is 2.34. The number of benzene rings is 1. The number of hydrogen-bond acceptors (Lipinski definition) is 2. The summed E-state index contributed by atoms with van der Waals surface area (Å²) in [7, 11) is 0. The summed E-state index contributed by atoms with van der Waals surface area (Å²) in [6.07, 6.45) is 1.31. The van der Waals surface area contributed by atoms with Crippen molar-refractivity contribution in [3.63, 3.8) is 0 Å². The number of likely N-dealkylation sites (tertiary alicyclic amines) is 1. The quantitative estimate of drug-likeness (QED) is 0.860. The predicted octanol–water partition coefficient (Wildman–Crippen LogP) is 3.19. The molecule has 1 aliphatic heterocycles. The van der Waals surface area contributed by atoms with Crippen LogP contribution in [0.25, 0.3) is 0 Å². The maximum absolute atomic E-state index is 5.61. The smallest absolute Gasteiger partial charge is 0.103 e. The molecule has 104 valence electrons. The van der Waals surface area contributed by atoms with Crippen molar-refractivity contribution in [1.82, 2.24) is 4.90 Å². The van der Waals surface area contributed by atoms with Crippen molar-refractivity contribution < 1.29 is 0 Å². The molecule has 0 aromatic heterocycles. The second-order valence-corrected chi connectivity index (χ2v) is 7.09. The van der Waals surface area contributed by atoms with Crippen molar-refractivity contribution in [2.24, 2.45) is 17.1 Å². The first kappa shape index (κ1) is 14.5. The Hall–Kier alpha value is -0.930. The van der Waals surface area contributed by atoms with Crippen LogP contribution in [-0.2, 0) is 6.54 Å². The maximum Gasteiger partial charge on any atom is 0.103 e. The molecule has 2 N–H and O–H groups in total. The predicted molar refractivity (Wildman–Crippen MR) is 85.2 cm³/mol. The lowest BCUT2D eigenvalue weighted by Gasteiger charge is -2.27. The van der Waals surface area contributed by atoms with E-state index in [1.165, 1.54) is 25.1 Å². The summed E-state index contributed by atoms with van der Waals surface area (Å²) in [4.78, 5) is 3.02. The van der Waals surface area contributed by atoms with Crippen LogP contribution in [0.2, 0.25) is 0 Å². The highest BCUT2D eigenvalue weighted by molar-refractivity contribution is 7.80. The molecule has 0 amide bonds. The summed E-state index contributed by atoms with van der Waals surface area (Å²) in [5.74, 6) is 0.809. The fourth-order valence-corrected chi connectivity index (χ4v) is 2.85. The lowest BCUT2D eigenvalue weighted by atomic mass is 9.80. The third-order valence-corrected chi connectivity index (χ3v) is 4.38. The van der Waals surface area contributed by atoms with Gasteiger partial charge in [0.2, 0.25) is 0 Å². The molecule has 0 spiro atoms. The fourth-order valence-electron chi connectivity index (χ4n) is 2.72. The van der Waals surface area contributed by atoms with E-state index >= 15 is 0 Å². The Morgan fingerprint density at radius 3 is 2.42 bits per heavy atom. The maximum atomic E-state index is 5.61. The fraction of sp³-hybridized carbons (Fsp3) is 0.562. The summed E-state index contributed by atoms with van der Waals surface area (Å²) in [6.45, 7) is 10.5. The van der Waals surface area contributed by atoms with Crippen LogP contribution >= 0.6 is 12.2 Å². The minimum absolute atomic E-state index is 0.421. The van der Waals surface area contributed by atoms with Gasteiger partial charge >= 0.3 is 0 Å². The zero-order valence-electron chi connectivity index (χ0n) is 12.1. The Bertz CT molecular complexity index is 445. The molecule has 1 atom stereocenters. The highest BCUT2D eigenvalue weighted by Gasteiger charge is 2.31. The molecular formula is C16H24N2S. The monoisotopic (exact) mass is 276 g/mol. The molecule has 1 unspecified atom stereocenters. The first-order valence-electron chi connectivity index (χ1n) is 6.97. The lowest BCUT2D eigenvalue weighted by Crippen LogP contribution is -2.25. The van der Waals surface area contributed by atoms with Crippen LogP contribution in [0.15, 0.2) is 24.3 Å². The molecular weight excluding hydrogens is 252 g/mol. The van der Waals surface area contributed by atoms with Crippen molar-refractivity contribution in [2.75, 3.05) is 13.1 Å². The summed E-state index contributed by atoms with van der Waals surface area (Å²) in [5, 5.41) is 0. The number of nitrogens with zero attached hydrogens (tertiary/aromatic N) is 1. The minimum Gasteiger partial charge on any atom is -0.389 e. The Morgan fingerprint density at radius 2 is 1.95 bits per heavy atom. The third kappa shape index (κ3) is 3.77. The standard InChI is InChI=1S/C16H24N2S/c1-16(2,3)14-8-9-18(11-14)10-12-4-6-13(7-5-12)15(17)19/h4-7,14H,8-11H2,1-3H3,(H2,17,19). The molecule has 0 saturated carbocycles. The first-order valence-corrected chi connectivity index (χ1v) is 7.38. The van der Waals surface area contributed by atoms with Crippen LogP contribution < -0.4 is 5.73 Å². The zero-order chi connectivity index (χ0) is 14.0. The van der Waals surface area contributed by atoms with E-state index in [1.807, 2.05) is 12.1 Å². The third-order valence-electron chi connectivity index (χ3n) is 4.14. The van der Waals surface area contributed by atoms with E-state index in [9.17, 15) is 0 Å². The van der Waals surface area contributed by atoms with E-state index in [2.05, 4.69) is 37.8 Å². The molecule has 0 bridgehead atoms. The summed E-state index contributed by atoms with van der Waals surface area (Å²) >= 11 is 4.97. The van der Waals surface area contributed by atoms with E-state index in [0.29, 0.717) is 10.4 Å². The number of nitrogens with two attached hydrogens (primary N) is 1. The molecule has 3 heteroatoms. The van der Waals surface area contributed by atoms with Crippen molar-refractivity contribution in [2.45, 2.75) is 33.7 Å². The van der Waals surface area contributed by atoms with Crippen LogP contribution in [0.4, 0.5) is 0 Å². The van der Waals surface area contributed by atoms with Crippen LogP contribution in [0.3, 0.4) is 0 Å². The second kappa shape index (κ2) is 5.59. The number of hydrogen-bond donors (Lipinski definition) is 1. The Balaban J connectivity index is 1.94. The Morgan fingerprint density at radius 1 is 1.32 bits per heavy atom. The van der Waals surface area contributed by atoms with Gasteiger partial charge < -0.3 is 5.73 Å². The summed E-state index contributed by atoms with van der Waals surface area (Å²) in [5.41, 5.74) is 8.33. The molecule has 1 saturated heterocycles. The van der Waals surface area contributed by atoms with Gasteiger partial charge in [0.05, 0.1) is 0 Å². The minimum atomic E-state index is 0.421. The zero-order valence-corrected chi connectivity index (χ0v) is 13.0. The summed E-state index contributed by atoms with van der Waals surface area (Å²) in [6, 6.07) is 8.32. The van der Waals surface area contributed by atoms with Gasteiger partial charge in [-0.05, 0) is 29.9 Å². The lowest BCUT2D eigenvalue weighted by molar-refractivity contribution is 0.226. The van der Waals surface area contributed by atoms with E-state index in [1.54, 1.807) is 0 Å². The molecule has 1 aromatic rings. The van der Waals surface area contributed by atoms with Gasteiger partial charge in [0.25, 0.3) is 0 Å². The van der Waals surface area contributed by atoms with Crippen molar-refractivity contribution in [3.8, 4) is 0 Å². The van der Waals surface area contributed by atoms with Gasteiger partial charge in [0, 0.05) is 18.7 Å². The molecule has 0 radical (unpaired) electrons. The molecule has 1 aliphatic rings. The SMILES string of the molecule is CC(C)(C)C1CCN(Cc2ccc(C(N)=S)cc2)C1. The number of thiocarbonyl (C=S) groups is 1. The molecule has 19 heavy (non-hydrogen) atoms. The van der Waals surface area contributed by atoms with Crippen LogP contribution in [0.1, 0.15) is 38.3 Å². The highest BCUT2D eigenvalue weighted by atomic mass is 32.1. The van der Waals surface area contributed by atoms with E-state index in [4.69, 9.17) is 18.0 Å². The molecule has 0 aliphatic carbocycles. The Labute approximate surface area is 122 Å². The van der Waals surface area contributed by atoms with Gasteiger partial charge in [-0.3, -0.25) is 4.90 Å². The van der Waals surface area contributed by atoms with Crippen molar-refractivity contribution in [1.29, 1.82) is 0 Å². The van der Waals surface area contributed by atoms with Crippen molar-refractivity contribution in [3.05, 3.63) is 35.4 Å². The van der Waals surface area contributed by atoms with Gasteiger partial charge in [0.1, 0.15) is 4.99 Å².